The predicted octanol–water partition coefficient (Wildman–Crippen LogP) is 4.93. The minimum absolute atomic E-state index is 0. The maximum atomic E-state index is 14.4. The second-order valence-electron chi connectivity index (χ2n) is 10.1. The van der Waals surface area contributed by atoms with Crippen LogP contribution in [0, 0.1) is 17.6 Å². The number of carbonyl (C=O) groups is 1. The Labute approximate surface area is 209 Å². The van der Waals surface area contributed by atoms with E-state index in [-0.39, 0.29) is 30.0 Å². The molecule has 2 heterocycles. The minimum atomic E-state index is -0.554. The Morgan fingerprint density at radius 3 is 2.66 bits per heavy atom. The number of nitrogens with zero attached hydrogens (tertiary/aromatic N) is 1. The standard InChI is InChI=1S/C27H29F2N3O2.ClH/c28-16-5-9-25-21(11-16)20-10-15(4-8-24(20)31-25)13-32(17-2-1-3-17)18-12-22-19(27(30)33)6-7-23(29)26(22)34-14-18;/h5-7,9,11,15,17-18,31H,1-4,8,10,12-14H2,(H2,30,33);1H/t15-,18+;/m0./s1. The van der Waals surface area contributed by atoms with Gasteiger partial charge in [-0.15, -0.1) is 12.4 Å². The van der Waals surface area contributed by atoms with Crippen molar-refractivity contribution in [3.8, 4) is 5.75 Å². The molecule has 1 aliphatic heterocycles. The molecule has 0 unspecified atom stereocenters. The van der Waals surface area contributed by atoms with Crippen LogP contribution in [0.15, 0.2) is 30.3 Å². The first-order chi connectivity index (χ1) is 16.5. The van der Waals surface area contributed by atoms with Gasteiger partial charge in [0.25, 0.3) is 0 Å². The molecular weight excluding hydrogens is 472 g/mol. The molecule has 6 rings (SSSR count). The number of aromatic amines is 1. The molecule has 2 aromatic carbocycles. The summed E-state index contributed by atoms with van der Waals surface area (Å²) in [6.07, 6.45) is 6.98. The van der Waals surface area contributed by atoms with Crippen molar-refractivity contribution in [2.24, 2.45) is 11.7 Å². The van der Waals surface area contributed by atoms with Crippen LogP contribution in [-0.2, 0) is 19.3 Å². The van der Waals surface area contributed by atoms with E-state index in [0.29, 0.717) is 36.1 Å². The van der Waals surface area contributed by atoms with E-state index in [2.05, 4.69) is 9.88 Å². The topological polar surface area (TPSA) is 71.4 Å². The Balaban J connectivity index is 0.00000253. The number of benzene rings is 2. The molecule has 0 radical (unpaired) electrons. The highest BCUT2D eigenvalue weighted by molar-refractivity contribution is 5.95. The molecular formula is C27H30ClF2N3O2. The lowest BCUT2D eigenvalue weighted by Crippen LogP contribution is -2.53. The molecule has 2 aliphatic carbocycles. The van der Waals surface area contributed by atoms with Crippen LogP contribution in [-0.4, -0.2) is 41.0 Å². The summed E-state index contributed by atoms with van der Waals surface area (Å²) in [5, 5.41) is 0.992. The Bertz CT molecular complexity index is 1270. The van der Waals surface area contributed by atoms with Gasteiger partial charge in [0.2, 0.25) is 5.91 Å². The second kappa shape index (κ2) is 9.43. The van der Waals surface area contributed by atoms with Gasteiger partial charge in [0.15, 0.2) is 11.6 Å². The third kappa shape index (κ3) is 4.29. The van der Waals surface area contributed by atoms with Crippen molar-refractivity contribution in [1.82, 2.24) is 9.88 Å². The predicted molar refractivity (Wildman–Crippen MR) is 133 cm³/mol. The minimum Gasteiger partial charge on any atom is -0.489 e. The fourth-order valence-electron chi connectivity index (χ4n) is 6.11. The number of aromatic nitrogens is 1. The number of nitrogens with two attached hydrogens (primary N) is 1. The number of hydrogen-bond donors (Lipinski definition) is 2. The van der Waals surface area contributed by atoms with E-state index in [9.17, 15) is 13.6 Å². The maximum Gasteiger partial charge on any atom is 0.249 e. The fourth-order valence-corrected chi connectivity index (χ4v) is 6.11. The van der Waals surface area contributed by atoms with Gasteiger partial charge in [-0.2, -0.15) is 0 Å². The highest BCUT2D eigenvalue weighted by Gasteiger charge is 2.37. The number of fused-ring (bicyclic) bond motifs is 4. The van der Waals surface area contributed by atoms with Crippen LogP contribution in [0.4, 0.5) is 8.78 Å². The number of nitrogens with one attached hydrogen (secondary N) is 1. The first-order valence-electron chi connectivity index (χ1n) is 12.3. The van der Waals surface area contributed by atoms with Crippen molar-refractivity contribution in [2.75, 3.05) is 13.2 Å². The zero-order valence-corrected chi connectivity index (χ0v) is 20.3. The van der Waals surface area contributed by atoms with Crippen molar-refractivity contribution >= 4 is 29.2 Å². The van der Waals surface area contributed by atoms with Crippen LogP contribution < -0.4 is 10.5 Å². The van der Waals surface area contributed by atoms with E-state index in [1.807, 2.05) is 6.07 Å². The molecule has 3 N–H and O–H groups in total. The highest BCUT2D eigenvalue weighted by atomic mass is 35.5. The summed E-state index contributed by atoms with van der Waals surface area (Å²) in [6.45, 7) is 1.32. The molecule has 5 nitrogen and oxygen atoms in total. The number of halogens is 3. The Kier molecular flexibility index (Phi) is 6.49. The fraction of sp³-hybridized carbons (Fsp3) is 0.444. The van der Waals surface area contributed by atoms with E-state index in [1.54, 1.807) is 6.07 Å². The van der Waals surface area contributed by atoms with Crippen molar-refractivity contribution in [1.29, 1.82) is 0 Å². The van der Waals surface area contributed by atoms with Gasteiger partial charge >= 0.3 is 0 Å². The lowest BCUT2D eigenvalue weighted by atomic mass is 9.83. The average molecular weight is 502 g/mol. The first-order valence-corrected chi connectivity index (χ1v) is 12.3. The number of ether oxygens (including phenoxy) is 1. The van der Waals surface area contributed by atoms with Crippen LogP contribution in [0.3, 0.4) is 0 Å². The molecule has 2 atom stereocenters. The summed E-state index contributed by atoms with van der Waals surface area (Å²) in [6, 6.07) is 8.24. The van der Waals surface area contributed by atoms with Crippen LogP contribution >= 0.6 is 12.4 Å². The number of carbonyl (C=O) groups excluding carboxylic acids is 1. The Hall–Kier alpha value is -2.64. The SMILES string of the molecule is Cl.NC(=O)c1ccc(F)c2c1C[C@@H](N(C[C@H]1CCc3[nH]c4ccc(F)cc4c3C1)C1CCC1)CO2. The van der Waals surface area contributed by atoms with Crippen LogP contribution in [0.25, 0.3) is 10.9 Å². The van der Waals surface area contributed by atoms with E-state index in [1.165, 1.54) is 35.9 Å². The normalized spacial score (nSPS) is 21.6. The quantitative estimate of drug-likeness (QED) is 0.520. The molecule has 3 aliphatic rings. The molecule has 0 spiro atoms. The smallest absolute Gasteiger partial charge is 0.249 e. The largest absolute Gasteiger partial charge is 0.489 e. The van der Waals surface area contributed by atoms with E-state index in [0.717, 1.165) is 49.6 Å². The van der Waals surface area contributed by atoms with Gasteiger partial charge in [-0.3, -0.25) is 9.69 Å². The maximum absolute atomic E-state index is 14.4. The lowest BCUT2D eigenvalue weighted by Gasteiger charge is -2.46. The number of aryl methyl sites for hydroxylation is 1. The van der Waals surface area contributed by atoms with Gasteiger partial charge in [-0.05, 0) is 80.3 Å². The second-order valence-corrected chi connectivity index (χ2v) is 10.1. The molecule has 1 amide bonds. The third-order valence-corrected chi connectivity index (χ3v) is 8.07. The molecule has 0 saturated heterocycles. The Morgan fingerprint density at radius 1 is 1.09 bits per heavy atom. The van der Waals surface area contributed by atoms with E-state index >= 15 is 0 Å². The highest BCUT2D eigenvalue weighted by Crippen LogP contribution is 2.38. The molecule has 186 valence electrons. The summed E-state index contributed by atoms with van der Waals surface area (Å²) in [5.41, 5.74) is 9.99. The van der Waals surface area contributed by atoms with E-state index in [4.69, 9.17) is 10.5 Å². The molecule has 8 heteroatoms. The van der Waals surface area contributed by atoms with Gasteiger partial charge in [-0.1, -0.05) is 6.42 Å². The molecule has 1 fully saturated rings. The van der Waals surface area contributed by atoms with Crippen molar-refractivity contribution in [2.45, 2.75) is 57.0 Å². The summed E-state index contributed by atoms with van der Waals surface area (Å²) in [5.74, 6) is -0.589. The monoisotopic (exact) mass is 501 g/mol. The van der Waals surface area contributed by atoms with Crippen LogP contribution in [0.5, 0.6) is 5.75 Å². The van der Waals surface area contributed by atoms with E-state index < -0.39 is 11.7 Å². The molecule has 0 bridgehead atoms. The summed E-state index contributed by atoms with van der Waals surface area (Å²) in [7, 11) is 0. The zero-order valence-electron chi connectivity index (χ0n) is 19.5. The zero-order chi connectivity index (χ0) is 23.4. The average Bonchev–Trinajstić information content (AvgIpc) is 3.14. The van der Waals surface area contributed by atoms with Crippen LogP contribution in [0.1, 0.15) is 52.9 Å². The van der Waals surface area contributed by atoms with Gasteiger partial charge in [0, 0.05) is 46.4 Å². The van der Waals surface area contributed by atoms with Crippen molar-refractivity contribution in [3.63, 3.8) is 0 Å². The van der Waals surface area contributed by atoms with Gasteiger partial charge in [0.1, 0.15) is 12.4 Å². The first kappa shape index (κ1) is 24.1. The summed E-state index contributed by atoms with van der Waals surface area (Å²) < 4.78 is 34.2. The Morgan fingerprint density at radius 2 is 1.91 bits per heavy atom. The number of amides is 1. The third-order valence-electron chi connectivity index (χ3n) is 8.07. The number of H-pyrrole nitrogens is 1. The lowest BCUT2D eigenvalue weighted by molar-refractivity contribution is 0.0283. The van der Waals surface area contributed by atoms with Gasteiger partial charge in [0.05, 0.1) is 0 Å². The molecule has 1 aromatic heterocycles. The number of rotatable bonds is 5. The van der Waals surface area contributed by atoms with Crippen LogP contribution in [0.2, 0.25) is 0 Å². The molecule has 35 heavy (non-hydrogen) atoms. The van der Waals surface area contributed by atoms with Crippen molar-refractivity contribution < 1.29 is 18.3 Å². The number of primary amides is 1. The summed E-state index contributed by atoms with van der Waals surface area (Å²) >= 11 is 0. The summed E-state index contributed by atoms with van der Waals surface area (Å²) in [4.78, 5) is 18.0. The number of hydrogen-bond acceptors (Lipinski definition) is 3. The van der Waals surface area contributed by atoms with Crippen molar-refractivity contribution in [3.05, 3.63) is 64.4 Å². The molecule has 1 saturated carbocycles. The van der Waals surface area contributed by atoms with Gasteiger partial charge in [-0.25, -0.2) is 8.78 Å². The molecule has 3 aromatic rings. The van der Waals surface area contributed by atoms with Gasteiger partial charge < -0.3 is 15.5 Å².